The van der Waals surface area contributed by atoms with E-state index in [1.54, 1.807) is 22.7 Å². The Morgan fingerprint density at radius 3 is 0.815 bits per heavy atom. The number of nitrogens with zero attached hydrogens (tertiary/aromatic N) is 9. The molecule has 0 bridgehead atoms. The lowest BCUT2D eigenvalue weighted by Gasteiger charge is -2.08. The van der Waals surface area contributed by atoms with E-state index in [0.717, 1.165) is 165 Å². The molecular formula is C117H63N9O5S4. The van der Waals surface area contributed by atoms with Crippen LogP contribution in [0.3, 0.4) is 0 Å². The normalized spacial score (nSPS) is 12.0. The minimum atomic E-state index is 0.555. The van der Waals surface area contributed by atoms with Crippen LogP contribution < -0.4 is 0 Å². The van der Waals surface area contributed by atoms with Gasteiger partial charge < -0.3 is 22.1 Å². The average Bonchev–Trinajstić information content (AvgIpc) is 1.56. The van der Waals surface area contributed by atoms with Gasteiger partial charge in [-0.05, 0) is 103 Å². The van der Waals surface area contributed by atoms with Gasteiger partial charge in [-0.3, -0.25) is 0 Å². The largest absolute Gasteiger partial charge is 0.456 e. The molecule has 0 aliphatic rings. The third kappa shape index (κ3) is 12.5. The fraction of sp³-hybridized carbons (Fsp3) is 0. The molecule has 0 atom stereocenters. The maximum absolute atomic E-state index is 6.82. The van der Waals surface area contributed by atoms with Crippen molar-refractivity contribution >= 4 is 236 Å². The molecule has 0 saturated heterocycles. The summed E-state index contributed by atoms with van der Waals surface area (Å²) in [6, 6.07) is 130. The van der Waals surface area contributed by atoms with E-state index in [9.17, 15) is 0 Å². The highest BCUT2D eigenvalue weighted by molar-refractivity contribution is 7.30. The number of furan rings is 5. The summed E-state index contributed by atoms with van der Waals surface area (Å²) in [6.07, 6.45) is 0. The maximum Gasteiger partial charge on any atom is 0.167 e. The highest BCUT2D eigenvalue weighted by atomic mass is 32.1. The van der Waals surface area contributed by atoms with Gasteiger partial charge in [-0.25, -0.2) is 44.9 Å². The number of aromatic nitrogens is 9. The summed E-state index contributed by atoms with van der Waals surface area (Å²) in [7, 11) is 0. The zero-order chi connectivity index (χ0) is 88.5. The van der Waals surface area contributed by atoms with Crippen molar-refractivity contribution in [3.05, 3.63) is 382 Å². The van der Waals surface area contributed by atoms with Gasteiger partial charge >= 0.3 is 0 Å². The van der Waals surface area contributed by atoms with Crippen LogP contribution in [-0.4, -0.2) is 44.9 Å². The Balaban J connectivity index is 0.000000101. The molecule has 18 aromatic carbocycles. The molecule has 0 saturated carbocycles. The van der Waals surface area contributed by atoms with E-state index in [1.165, 1.54) is 75.3 Å². The van der Waals surface area contributed by atoms with Crippen LogP contribution in [0.4, 0.5) is 0 Å². The van der Waals surface area contributed by atoms with Gasteiger partial charge in [0.25, 0.3) is 0 Å². The minimum Gasteiger partial charge on any atom is -0.456 e. The zero-order valence-electron chi connectivity index (χ0n) is 71.1. The Hall–Kier alpha value is -17.1. The standard InChI is InChI=1S/2C39H21N3O2S.C39H21N3OS2/c1-3-10-22(11-4-1)37-40-38(23-12-5-2-6-13-23)42-39(41-37)28-16-9-15-27-32-29(43-34(27)28)20-18-24-25-19-21-31-33(36(25)44-35(24)32)26-14-7-8-17-30(26)45-31;1-3-10-22(11-4-1)37-40-38(23-12-5-2-6-13-23)42-39(41-37)28-16-9-15-27-33-31(44-34(27)28)21-19-25-24-18-20-30-32(35(24)45-36(25)33)26-14-7-8-17-29(26)43-30;1-3-10-22(11-4-1)37-40-38(23-12-5-2-6-13-23)42-39(41-37)28-16-9-15-27-32-29(43-34(27)28)20-18-24-25-19-21-31-33(36(25)45-35(24)32)26-14-7-8-17-30(26)44-31/h3*1-21H. The number of fused-ring (bicyclic) bond motifs is 33. The molecule has 0 amide bonds. The van der Waals surface area contributed by atoms with E-state index >= 15 is 0 Å². The van der Waals surface area contributed by atoms with Crippen LogP contribution in [0.5, 0.6) is 0 Å². The Labute approximate surface area is 781 Å². The van der Waals surface area contributed by atoms with Crippen LogP contribution in [0.15, 0.2) is 404 Å². The van der Waals surface area contributed by atoms with Crippen LogP contribution in [-0.2, 0) is 0 Å². The van der Waals surface area contributed by atoms with Gasteiger partial charge in [0.1, 0.15) is 55.8 Å². The van der Waals surface area contributed by atoms with E-state index in [2.05, 4.69) is 158 Å². The van der Waals surface area contributed by atoms with Crippen LogP contribution in [0.2, 0.25) is 0 Å². The quantitative estimate of drug-likeness (QED) is 0.133. The molecule has 0 aliphatic carbocycles. The molecule has 30 aromatic rings. The number of hydrogen-bond donors (Lipinski definition) is 0. The predicted molar refractivity (Wildman–Crippen MR) is 556 cm³/mol. The third-order valence-corrected chi connectivity index (χ3v) is 30.4. The first kappa shape index (κ1) is 76.7. The van der Waals surface area contributed by atoms with Crippen LogP contribution in [0, 0.1) is 0 Å². The van der Waals surface area contributed by atoms with Crippen LogP contribution in [0.25, 0.3) is 293 Å². The molecule has 0 fully saturated rings. The molecular weight excluding hydrogens is 1740 g/mol. The lowest BCUT2D eigenvalue weighted by molar-refractivity contribution is 0.664. The van der Waals surface area contributed by atoms with Gasteiger partial charge in [0, 0.05) is 163 Å². The second-order valence-electron chi connectivity index (χ2n) is 33.5. The fourth-order valence-electron chi connectivity index (χ4n) is 19.5. The summed E-state index contributed by atoms with van der Waals surface area (Å²) in [5.74, 6) is 5.45. The number of benzene rings is 18. The van der Waals surface area contributed by atoms with E-state index in [1.807, 2.05) is 247 Å². The fourth-order valence-corrected chi connectivity index (χ4v) is 24.6. The Bertz CT molecular complexity index is 9020. The van der Waals surface area contributed by atoms with E-state index in [0.29, 0.717) is 52.4 Å². The SMILES string of the molecule is c1ccc(-c2nc(-c3ccccc3)nc(-c3cccc4c3oc3ccc5c6ccc7oc8ccccc8c7c6sc5c34)n2)cc1.c1ccc(-c2nc(-c3ccccc3)nc(-c3cccc4c3oc3ccc5c6ccc7sc8ccccc8c7c6oc5c34)n2)cc1.c1ccc(-c2nc(-c3ccccc3)nc(-c3cccc4c3oc3ccc5c6ccc7sc8ccccc8c7c6sc5c34)n2)cc1. The highest BCUT2D eigenvalue weighted by Gasteiger charge is 2.28. The topological polar surface area (TPSA) is 182 Å². The summed E-state index contributed by atoms with van der Waals surface area (Å²) in [5, 5.41) is 20.8. The number of thiophene rings is 4. The molecule has 0 spiro atoms. The zero-order valence-corrected chi connectivity index (χ0v) is 74.3. The first-order valence-electron chi connectivity index (χ1n) is 44.3. The summed E-state index contributed by atoms with van der Waals surface area (Å²) in [4.78, 5) is 44.5. The molecule has 0 radical (unpaired) electrons. The van der Waals surface area contributed by atoms with E-state index in [-0.39, 0.29) is 0 Å². The van der Waals surface area contributed by atoms with Crippen LogP contribution >= 0.6 is 45.3 Å². The lowest BCUT2D eigenvalue weighted by atomic mass is 10.0. The highest BCUT2D eigenvalue weighted by Crippen LogP contribution is 2.53. The molecule has 135 heavy (non-hydrogen) atoms. The van der Waals surface area contributed by atoms with Crippen molar-refractivity contribution in [2.75, 3.05) is 0 Å². The lowest BCUT2D eigenvalue weighted by Crippen LogP contribution is -2.00. The summed E-state index contributed by atoms with van der Waals surface area (Å²) < 4.78 is 43.1. The van der Waals surface area contributed by atoms with Gasteiger partial charge in [-0.1, -0.05) is 279 Å². The summed E-state index contributed by atoms with van der Waals surface area (Å²) in [5.41, 5.74) is 16.3. The first-order chi connectivity index (χ1) is 66.9. The Morgan fingerprint density at radius 2 is 0.415 bits per heavy atom. The Kier molecular flexibility index (Phi) is 17.5. The van der Waals surface area contributed by atoms with Crippen molar-refractivity contribution in [3.8, 4) is 102 Å². The van der Waals surface area contributed by atoms with E-state index in [4.69, 9.17) is 66.9 Å². The van der Waals surface area contributed by atoms with Crippen LogP contribution in [0.1, 0.15) is 0 Å². The van der Waals surface area contributed by atoms with Crippen molar-refractivity contribution in [1.29, 1.82) is 0 Å². The molecule has 0 unspecified atom stereocenters. The first-order valence-corrected chi connectivity index (χ1v) is 47.6. The molecule has 12 aromatic heterocycles. The molecule has 14 nitrogen and oxygen atoms in total. The monoisotopic (exact) mass is 1800 g/mol. The molecule has 0 aliphatic heterocycles. The molecule has 30 rings (SSSR count). The molecule has 18 heteroatoms. The average molecular weight is 1800 g/mol. The van der Waals surface area contributed by atoms with E-state index < -0.39 is 0 Å². The minimum absolute atomic E-state index is 0.555. The second kappa shape index (κ2) is 30.8. The maximum atomic E-state index is 6.82. The summed E-state index contributed by atoms with van der Waals surface area (Å²) in [6.45, 7) is 0. The van der Waals surface area contributed by atoms with Crippen molar-refractivity contribution in [3.63, 3.8) is 0 Å². The number of rotatable bonds is 9. The second-order valence-corrected chi connectivity index (χ2v) is 37.7. The Morgan fingerprint density at radius 1 is 0.141 bits per heavy atom. The number of hydrogen-bond acceptors (Lipinski definition) is 18. The van der Waals surface area contributed by atoms with Crippen molar-refractivity contribution in [2.45, 2.75) is 0 Å². The predicted octanol–water partition coefficient (Wildman–Crippen LogP) is 33.6. The third-order valence-electron chi connectivity index (χ3n) is 25.6. The van der Waals surface area contributed by atoms with Gasteiger partial charge in [-0.15, -0.1) is 45.3 Å². The number of para-hydroxylation sites is 4. The van der Waals surface area contributed by atoms with Gasteiger partial charge in [-0.2, -0.15) is 0 Å². The smallest absolute Gasteiger partial charge is 0.167 e. The van der Waals surface area contributed by atoms with Crippen molar-refractivity contribution in [2.24, 2.45) is 0 Å². The summed E-state index contributed by atoms with van der Waals surface area (Å²) >= 11 is 7.32. The molecule has 0 N–H and O–H groups in total. The van der Waals surface area contributed by atoms with Crippen molar-refractivity contribution in [1.82, 2.24) is 44.9 Å². The van der Waals surface area contributed by atoms with Crippen molar-refractivity contribution < 1.29 is 22.1 Å². The molecule has 630 valence electrons. The molecule has 12 heterocycles. The van der Waals surface area contributed by atoms with Gasteiger partial charge in [0.15, 0.2) is 52.4 Å². The van der Waals surface area contributed by atoms with Gasteiger partial charge in [0.2, 0.25) is 0 Å². The van der Waals surface area contributed by atoms with Gasteiger partial charge in [0.05, 0.1) is 22.1 Å².